The molecule has 1 aromatic rings. The fourth-order valence-corrected chi connectivity index (χ4v) is 2.05. The van der Waals surface area contributed by atoms with Crippen LogP contribution in [0.2, 0.25) is 0 Å². The van der Waals surface area contributed by atoms with Crippen molar-refractivity contribution in [1.29, 1.82) is 0 Å². The van der Waals surface area contributed by atoms with Crippen molar-refractivity contribution in [2.45, 2.75) is 19.3 Å². The predicted molar refractivity (Wildman–Crippen MR) is 60.4 cm³/mol. The average molecular weight is 218 g/mol. The second-order valence-electron chi connectivity index (χ2n) is 4.23. The van der Waals surface area contributed by atoms with Crippen molar-refractivity contribution in [3.8, 4) is 0 Å². The molecule has 16 heavy (non-hydrogen) atoms. The number of anilines is 2. The Morgan fingerprint density at radius 3 is 2.31 bits per heavy atom. The molecule has 2 aliphatic rings. The van der Waals surface area contributed by atoms with Crippen LogP contribution in [-0.4, -0.2) is 35.5 Å². The van der Waals surface area contributed by atoms with Crippen LogP contribution < -0.4 is 9.80 Å². The quantitative estimate of drug-likeness (QED) is 0.737. The highest BCUT2D eigenvalue weighted by molar-refractivity contribution is 5.95. The van der Waals surface area contributed by atoms with Gasteiger partial charge >= 0.3 is 0 Å². The Morgan fingerprint density at radius 2 is 1.81 bits per heavy atom. The number of carbonyl (C=O) groups is 1. The van der Waals surface area contributed by atoms with E-state index >= 15 is 0 Å². The van der Waals surface area contributed by atoms with E-state index in [1.54, 1.807) is 17.3 Å². The zero-order valence-corrected chi connectivity index (χ0v) is 9.09. The topological polar surface area (TPSA) is 49.3 Å². The summed E-state index contributed by atoms with van der Waals surface area (Å²) in [7, 11) is 0. The van der Waals surface area contributed by atoms with Gasteiger partial charge in [-0.25, -0.2) is 9.97 Å². The van der Waals surface area contributed by atoms with Gasteiger partial charge in [0, 0.05) is 26.1 Å². The molecule has 3 heterocycles. The summed E-state index contributed by atoms with van der Waals surface area (Å²) in [5.41, 5.74) is 0.826. The van der Waals surface area contributed by atoms with Crippen molar-refractivity contribution in [2.75, 3.05) is 29.4 Å². The van der Waals surface area contributed by atoms with Gasteiger partial charge in [0.15, 0.2) is 0 Å². The summed E-state index contributed by atoms with van der Waals surface area (Å²) in [6.45, 7) is 2.88. The zero-order valence-electron chi connectivity index (χ0n) is 9.09. The minimum Gasteiger partial charge on any atom is -0.341 e. The maximum Gasteiger partial charge on any atom is 0.227 e. The van der Waals surface area contributed by atoms with Gasteiger partial charge in [-0.05, 0) is 12.8 Å². The van der Waals surface area contributed by atoms with E-state index < -0.39 is 0 Å². The van der Waals surface area contributed by atoms with Gasteiger partial charge in [0.05, 0.1) is 18.1 Å². The number of hydrogen-bond donors (Lipinski definition) is 0. The molecule has 0 bridgehead atoms. The summed E-state index contributed by atoms with van der Waals surface area (Å²) < 4.78 is 0. The van der Waals surface area contributed by atoms with Gasteiger partial charge in [-0.3, -0.25) is 4.79 Å². The molecular formula is C11H14N4O. The van der Waals surface area contributed by atoms with E-state index in [-0.39, 0.29) is 5.91 Å². The van der Waals surface area contributed by atoms with Gasteiger partial charge in [0.2, 0.25) is 11.9 Å². The normalized spacial score (nSPS) is 20.1. The standard InChI is InChI=1S/C11H14N4O/c16-10-3-1-6-15(10)9-7-12-11(13-8-9)14-4-2-5-14/h7-8H,1-6H2. The Bertz CT molecular complexity index is 399. The second kappa shape index (κ2) is 3.73. The maximum atomic E-state index is 11.5. The van der Waals surface area contributed by atoms with Crippen LogP contribution in [0, 0.1) is 0 Å². The van der Waals surface area contributed by atoms with Gasteiger partial charge in [-0.2, -0.15) is 0 Å². The molecule has 1 aromatic heterocycles. The summed E-state index contributed by atoms with van der Waals surface area (Å²) in [6.07, 6.45) is 6.31. The summed E-state index contributed by atoms with van der Waals surface area (Å²) in [4.78, 5) is 24.0. The molecule has 0 saturated carbocycles. The Morgan fingerprint density at radius 1 is 1.06 bits per heavy atom. The summed E-state index contributed by atoms with van der Waals surface area (Å²) in [5, 5.41) is 0. The number of nitrogens with zero attached hydrogens (tertiary/aromatic N) is 4. The Kier molecular flexibility index (Phi) is 2.23. The van der Waals surface area contributed by atoms with Crippen LogP contribution in [0.3, 0.4) is 0 Å². The number of amides is 1. The molecule has 0 spiro atoms. The Balaban J connectivity index is 1.78. The van der Waals surface area contributed by atoms with Crippen molar-refractivity contribution in [3.05, 3.63) is 12.4 Å². The molecule has 84 valence electrons. The molecular weight excluding hydrogens is 204 g/mol. The maximum absolute atomic E-state index is 11.5. The van der Waals surface area contributed by atoms with E-state index in [1.165, 1.54) is 6.42 Å². The molecule has 2 aliphatic heterocycles. The van der Waals surface area contributed by atoms with Crippen LogP contribution in [0.1, 0.15) is 19.3 Å². The molecule has 5 nitrogen and oxygen atoms in total. The molecule has 0 atom stereocenters. The van der Waals surface area contributed by atoms with E-state index in [9.17, 15) is 4.79 Å². The van der Waals surface area contributed by atoms with Crippen molar-refractivity contribution >= 4 is 17.5 Å². The van der Waals surface area contributed by atoms with E-state index in [2.05, 4.69) is 14.9 Å². The number of rotatable bonds is 2. The van der Waals surface area contributed by atoms with E-state index in [0.717, 1.165) is 37.7 Å². The fourth-order valence-electron chi connectivity index (χ4n) is 2.05. The zero-order chi connectivity index (χ0) is 11.0. The monoisotopic (exact) mass is 218 g/mol. The third-order valence-corrected chi connectivity index (χ3v) is 3.15. The molecule has 2 fully saturated rings. The summed E-state index contributed by atoms with van der Waals surface area (Å²) in [5.74, 6) is 0.960. The third-order valence-electron chi connectivity index (χ3n) is 3.15. The molecule has 0 aromatic carbocycles. The largest absolute Gasteiger partial charge is 0.341 e. The first-order valence-electron chi connectivity index (χ1n) is 5.72. The first-order valence-corrected chi connectivity index (χ1v) is 5.72. The molecule has 0 N–H and O–H groups in total. The van der Waals surface area contributed by atoms with Crippen LogP contribution in [0.4, 0.5) is 11.6 Å². The van der Waals surface area contributed by atoms with Gasteiger partial charge in [0.1, 0.15) is 0 Å². The molecule has 1 amide bonds. The SMILES string of the molecule is O=C1CCCN1c1cnc(N2CCC2)nc1. The lowest BCUT2D eigenvalue weighted by atomic mass is 10.2. The van der Waals surface area contributed by atoms with Crippen molar-refractivity contribution in [3.63, 3.8) is 0 Å². The highest BCUT2D eigenvalue weighted by atomic mass is 16.2. The highest BCUT2D eigenvalue weighted by Gasteiger charge is 2.23. The van der Waals surface area contributed by atoms with Gasteiger partial charge in [0.25, 0.3) is 0 Å². The second-order valence-corrected chi connectivity index (χ2v) is 4.23. The van der Waals surface area contributed by atoms with Gasteiger partial charge in [-0.1, -0.05) is 0 Å². The van der Waals surface area contributed by atoms with E-state index in [0.29, 0.717) is 6.42 Å². The first-order chi connectivity index (χ1) is 7.84. The first kappa shape index (κ1) is 9.57. The Labute approximate surface area is 94.1 Å². The predicted octanol–water partition coefficient (Wildman–Crippen LogP) is 0.814. The third kappa shape index (κ3) is 1.52. The number of aromatic nitrogens is 2. The van der Waals surface area contributed by atoms with Crippen molar-refractivity contribution in [1.82, 2.24) is 9.97 Å². The highest BCUT2D eigenvalue weighted by Crippen LogP contribution is 2.22. The van der Waals surface area contributed by atoms with Crippen LogP contribution in [0.15, 0.2) is 12.4 Å². The van der Waals surface area contributed by atoms with Gasteiger partial charge < -0.3 is 9.80 Å². The van der Waals surface area contributed by atoms with Crippen LogP contribution >= 0.6 is 0 Å². The lowest BCUT2D eigenvalue weighted by Crippen LogP contribution is -2.38. The average Bonchev–Trinajstić information content (AvgIpc) is 2.63. The number of hydrogen-bond acceptors (Lipinski definition) is 4. The molecule has 0 radical (unpaired) electrons. The van der Waals surface area contributed by atoms with Crippen LogP contribution in [0.5, 0.6) is 0 Å². The molecule has 5 heteroatoms. The smallest absolute Gasteiger partial charge is 0.227 e. The fraction of sp³-hybridized carbons (Fsp3) is 0.545. The van der Waals surface area contributed by atoms with Crippen LogP contribution in [0.25, 0.3) is 0 Å². The van der Waals surface area contributed by atoms with Crippen LogP contribution in [-0.2, 0) is 4.79 Å². The lowest BCUT2D eigenvalue weighted by Gasteiger charge is -2.30. The van der Waals surface area contributed by atoms with Gasteiger partial charge in [-0.15, -0.1) is 0 Å². The molecule has 0 aliphatic carbocycles. The summed E-state index contributed by atoms with van der Waals surface area (Å²) >= 11 is 0. The van der Waals surface area contributed by atoms with E-state index in [1.807, 2.05) is 0 Å². The summed E-state index contributed by atoms with van der Waals surface area (Å²) in [6, 6.07) is 0. The minimum absolute atomic E-state index is 0.181. The van der Waals surface area contributed by atoms with Crippen molar-refractivity contribution in [2.24, 2.45) is 0 Å². The Hall–Kier alpha value is -1.65. The molecule has 3 rings (SSSR count). The minimum atomic E-state index is 0.181. The van der Waals surface area contributed by atoms with E-state index in [4.69, 9.17) is 0 Å². The molecule has 2 saturated heterocycles. The molecule has 0 unspecified atom stereocenters. The number of carbonyl (C=O) groups excluding carboxylic acids is 1. The lowest BCUT2D eigenvalue weighted by molar-refractivity contribution is -0.117. The van der Waals surface area contributed by atoms with Crippen molar-refractivity contribution < 1.29 is 4.79 Å².